The number of carbonyl (C=O) groups is 2. The molecule has 5 rings (SSSR count). The van der Waals surface area contributed by atoms with E-state index in [4.69, 9.17) is 4.74 Å². The van der Waals surface area contributed by atoms with Gasteiger partial charge in [0.25, 0.3) is 0 Å². The van der Waals surface area contributed by atoms with Crippen molar-refractivity contribution < 1.29 is 27.5 Å². The highest BCUT2D eigenvalue weighted by atomic mass is 19.4. The Balaban J connectivity index is 1.36. The van der Waals surface area contributed by atoms with Gasteiger partial charge in [-0.1, -0.05) is 6.07 Å². The fraction of sp³-hybridized carbons (Fsp3) is 0.174. The van der Waals surface area contributed by atoms with Crippen molar-refractivity contribution in [3.8, 4) is 16.8 Å². The Hall–Kier alpha value is -4.28. The van der Waals surface area contributed by atoms with Crippen LogP contribution < -0.4 is 5.32 Å². The monoisotopic (exact) mass is 469 g/mol. The quantitative estimate of drug-likeness (QED) is 0.452. The smallest absolute Gasteiger partial charge is 0.416 e. The van der Waals surface area contributed by atoms with Crippen molar-refractivity contribution in [2.75, 3.05) is 25.0 Å². The van der Waals surface area contributed by atoms with Crippen LogP contribution in [-0.2, 0) is 15.7 Å². The Morgan fingerprint density at radius 3 is 2.65 bits per heavy atom. The maximum Gasteiger partial charge on any atom is 0.416 e. The van der Waals surface area contributed by atoms with E-state index >= 15 is 0 Å². The number of ether oxygens (including phenoxy) is 1. The molecule has 0 unspecified atom stereocenters. The third-order valence-corrected chi connectivity index (χ3v) is 5.51. The van der Waals surface area contributed by atoms with E-state index in [1.54, 1.807) is 18.6 Å². The van der Waals surface area contributed by atoms with E-state index in [1.165, 1.54) is 21.7 Å². The summed E-state index contributed by atoms with van der Waals surface area (Å²) in [7, 11) is 0. The molecule has 34 heavy (non-hydrogen) atoms. The van der Waals surface area contributed by atoms with E-state index in [2.05, 4.69) is 15.4 Å². The first kappa shape index (κ1) is 21.6. The van der Waals surface area contributed by atoms with Gasteiger partial charge >= 0.3 is 12.3 Å². The zero-order valence-corrected chi connectivity index (χ0v) is 17.6. The van der Waals surface area contributed by atoms with Crippen molar-refractivity contribution in [2.24, 2.45) is 0 Å². The summed E-state index contributed by atoms with van der Waals surface area (Å²) in [6.45, 7) is 0.529. The van der Waals surface area contributed by atoms with Crippen LogP contribution in [0.4, 0.5) is 23.7 Å². The summed E-state index contributed by atoms with van der Waals surface area (Å²) in [5.41, 5.74) is 2.69. The number of fused-ring (bicyclic) bond motifs is 1. The van der Waals surface area contributed by atoms with Gasteiger partial charge < -0.3 is 15.0 Å². The van der Waals surface area contributed by atoms with Gasteiger partial charge in [-0.2, -0.15) is 18.3 Å². The molecule has 2 N–H and O–H groups in total. The molecule has 2 aromatic heterocycles. The number of carbonyl (C=O) groups excluding carboxylic acids is 2. The first-order chi connectivity index (χ1) is 16.3. The van der Waals surface area contributed by atoms with Crippen LogP contribution in [0, 0.1) is 0 Å². The fourth-order valence-corrected chi connectivity index (χ4v) is 3.75. The standard InChI is InChI=1S/C23H18F3N5O3/c24-23(25,26)16-2-4-17(5-3-16)31-12-15(10-28-31)14-1-6-19-18(9-14)20(11-27-19)29-21(32)13-30-7-8-34-22(30)33/h1-6,9-12,27H,7-8,13H2,(H,29,32). The summed E-state index contributed by atoms with van der Waals surface area (Å²) in [5, 5.41) is 7.83. The summed E-state index contributed by atoms with van der Waals surface area (Å²) < 4.78 is 44.7. The summed E-state index contributed by atoms with van der Waals surface area (Å²) in [5.74, 6) is -0.347. The molecule has 2 amide bonds. The fourth-order valence-electron chi connectivity index (χ4n) is 3.75. The van der Waals surface area contributed by atoms with Gasteiger partial charge in [0.05, 0.1) is 29.7 Å². The van der Waals surface area contributed by atoms with Gasteiger partial charge in [0.1, 0.15) is 13.2 Å². The third kappa shape index (κ3) is 4.19. The number of hydrogen-bond donors (Lipinski definition) is 2. The summed E-state index contributed by atoms with van der Waals surface area (Å²) >= 11 is 0. The Bertz CT molecular complexity index is 1370. The predicted molar refractivity (Wildman–Crippen MR) is 117 cm³/mol. The van der Waals surface area contributed by atoms with Crippen molar-refractivity contribution >= 4 is 28.6 Å². The first-order valence-electron chi connectivity index (χ1n) is 10.3. The summed E-state index contributed by atoms with van der Waals surface area (Å²) in [4.78, 5) is 28.4. The Kier molecular flexibility index (Phi) is 5.23. The summed E-state index contributed by atoms with van der Waals surface area (Å²) in [6.07, 6.45) is 0.0860. The average molecular weight is 469 g/mol. The molecule has 0 saturated carbocycles. The number of cyclic esters (lactones) is 1. The second kappa shape index (κ2) is 8.25. The Labute approximate surface area is 190 Å². The lowest BCUT2D eigenvalue weighted by molar-refractivity contribution is -0.137. The molecule has 1 aliphatic heterocycles. The number of rotatable bonds is 5. The number of alkyl halides is 3. The molecule has 4 aromatic rings. The van der Waals surface area contributed by atoms with Crippen molar-refractivity contribution in [2.45, 2.75) is 6.18 Å². The van der Waals surface area contributed by atoms with Crippen LogP contribution in [0.25, 0.3) is 27.7 Å². The number of H-pyrrole nitrogens is 1. The van der Waals surface area contributed by atoms with Crippen LogP contribution in [0.3, 0.4) is 0 Å². The SMILES string of the molecule is O=C(CN1CCOC1=O)Nc1c[nH]c2ccc(-c3cnn(-c4ccc(C(F)(F)F)cc4)c3)cc12. The predicted octanol–water partition coefficient (Wildman–Crippen LogP) is 4.43. The van der Waals surface area contributed by atoms with Gasteiger partial charge in [-0.05, 0) is 42.0 Å². The van der Waals surface area contributed by atoms with Crippen molar-refractivity contribution in [1.82, 2.24) is 19.7 Å². The van der Waals surface area contributed by atoms with E-state index in [0.717, 1.165) is 34.2 Å². The van der Waals surface area contributed by atoms with Crippen molar-refractivity contribution in [1.29, 1.82) is 0 Å². The number of nitrogens with zero attached hydrogens (tertiary/aromatic N) is 3. The van der Waals surface area contributed by atoms with E-state index < -0.39 is 17.8 Å². The lowest BCUT2D eigenvalue weighted by Crippen LogP contribution is -2.33. The number of benzene rings is 2. The van der Waals surface area contributed by atoms with Gasteiger partial charge in [-0.25, -0.2) is 9.48 Å². The number of hydrogen-bond acceptors (Lipinski definition) is 4. The van der Waals surface area contributed by atoms with Crippen molar-refractivity contribution in [3.63, 3.8) is 0 Å². The molecule has 1 fully saturated rings. The minimum absolute atomic E-state index is 0.106. The number of amides is 2. The third-order valence-electron chi connectivity index (χ3n) is 5.51. The maximum absolute atomic E-state index is 12.8. The van der Waals surface area contributed by atoms with Crippen LogP contribution in [0.2, 0.25) is 0 Å². The van der Waals surface area contributed by atoms with E-state index in [9.17, 15) is 22.8 Å². The van der Waals surface area contributed by atoms with Crippen LogP contribution in [0.5, 0.6) is 0 Å². The molecule has 174 valence electrons. The minimum atomic E-state index is -4.40. The molecule has 0 atom stereocenters. The molecule has 0 bridgehead atoms. The topological polar surface area (TPSA) is 92.2 Å². The number of anilines is 1. The number of halogens is 3. The van der Waals surface area contributed by atoms with Crippen molar-refractivity contribution in [3.05, 3.63) is 66.6 Å². The zero-order valence-electron chi connectivity index (χ0n) is 17.6. The maximum atomic E-state index is 12.8. The Morgan fingerprint density at radius 2 is 1.94 bits per heavy atom. The van der Waals surface area contributed by atoms with Gasteiger partial charge in [-0.15, -0.1) is 0 Å². The minimum Gasteiger partial charge on any atom is -0.448 e. The normalized spacial score (nSPS) is 14.0. The number of aromatic amines is 1. The lowest BCUT2D eigenvalue weighted by Gasteiger charge is -2.12. The second-order valence-corrected chi connectivity index (χ2v) is 7.77. The Morgan fingerprint density at radius 1 is 1.15 bits per heavy atom. The van der Waals surface area contributed by atoms with E-state index in [1.807, 2.05) is 18.2 Å². The number of nitrogens with one attached hydrogen (secondary N) is 2. The molecule has 8 nitrogen and oxygen atoms in total. The molecule has 0 radical (unpaired) electrons. The van der Waals surface area contributed by atoms with Gasteiger partial charge in [-0.3, -0.25) is 9.69 Å². The molecule has 11 heteroatoms. The molecule has 2 aromatic carbocycles. The molecule has 3 heterocycles. The molecular formula is C23H18F3N5O3. The summed E-state index contributed by atoms with van der Waals surface area (Å²) in [6, 6.07) is 10.3. The van der Waals surface area contributed by atoms with Crippen LogP contribution in [-0.4, -0.2) is 51.4 Å². The molecule has 1 saturated heterocycles. The van der Waals surface area contributed by atoms with Gasteiger partial charge in [0, 0.05) is 28.9 Å². The highest BCUT2D eigenvalue weighted by molar-refractivity contribution is 6.04. The second-order valence-electron chi connectivity index (χ2n) is 7.77. The van der Waals surface area contributed by atoms with Crippen LogP contribution in [0.15, 0.2) is 61.1 Å². The van der Waals surface area contributed by atoms with Crippen LogP contribution in [0.1, 0.15) is 5.56 Å². The highest BCUT2D eigenvalue weighted by Gasteiger charge is 2.30. The lowest BCUT2D eigenvalue weighted by atomic mass is 10.1. The molecular weight excluding hydrogens is 451 g/mol. The van der Waals surface area contributed by atoms with Gasteiger partial charge in [0.15, 0.2) is 0 Å². The van der Waals surface area contributed by atoms with E-state index in [-0.39, 0.29) is 19.1 Å². The zero-order chi connectivity index (χ0) is 23.9. The molecule has 1 aliphatic rings. The molecule has 0 aliphatic carbocycles. The first-order valence-corrected chi connectivity index (χ1v) is 10.3. The van der Waals surface area contributed by atoms with E-state index in [0.29, 0.717) is 17.9 Å². The molecule has 0 spiro atoms. The average Bonchev–Trinajstić information content (AvgIpc) is 3.54. The van der Waals surface area contributed by atoms with Crippen LogP contribution >= 0.6 is 0 Å². The highest BCUT2D eigenvalue weighted by Crippen LogP contribution is 2.31. The largest absolute Gasteiger partial charge is 0.448 e. The number of aromatic nitrogens is 3. The van der Waals surface area contributed by atoms with Gasteiger partial charge in [0.2, 0.25) is 5.91 Å².